The minimum atomic E-state index is -4.55. The van der Waals surface area contributed by atoms with Gasteiger partial charge in [-0.3, -0.25) is 0 Å². The Balaban J connectivity index is 1.91. The SMILES string of the molecule is CCN([C@@H](C)c1ccccc1)P1(=[Se])N(C)[C@H](c2cccc(C(F)(F)F)c2)[C@@H](c2cccc(C(F)(F)F)c2)N1C. The number of benzene rings is 3. The molecule has 1 fully saturated rings. The van der Waals surface area contributed by atoms with Gasteiger partial charge in [0.05, 0.1) is 0 Å². The third-order valence-corrected chi connectivity index (χ3v) is 15.4. The van der Waals surface area contributed by atoms with Crippen LogP contribution in [-0.2, 0) is 12.4 Å². The van der Waals surface area contributed by atoms with Crippen molar-refractivity contribution in [3.05, 3.63) is 107 Å². The molecule has 11 heteroatoms. The summed E-state index contributed by atoms with van der Waals surface area (Å²) in [7, 11) is 3.69. The zero-order valence-electron chi connectivity index (χ0n) is 21.9. The van der Waals surface area contributed by atoms with Gasteiger partial charge in [0, 0.05) is 0 Å². The molecule has 210 valence electrons. The van der Waals surface area contributed by atoms with Gasteiger partial charge in [0.25, 0.3) is 0 Å². The standard InChI is InChI=1S/C28H30F6N3PSe/c1-5-37(19(2)20-11-7-6-8-12-20)38(39)35(3)25(21-13-9-15-23(17-21)27(29,30)31)26(36(38)4)22-14-10-16-24(18-22)28(32,33)34/h6-19,25-26H,5H2,1-4H3/t19-,25+,26+/m0/s1. The number of alkyl halides is 6. The molecule has 4 rings (SSSR count). The fourth-order valence-electron chi connectivity index (χ4n) is 5.50. The summed E-state index contributed by atoms with van der Waals surface area (Å²) in [5, 5.41) is 0. The zero-order valence-corrected chi connectivity index (χ0v) is 24.5. The zero-order chi connectivity index (χ0) is 28.8. The molecule has 0 aromatic heterocycles. The number of rotatable bonds is 6. The van der Waals surface area contributed by atoms with Crippen LogP contribution >= 0.6 is 5.96 Å². The topological polar surface area (TPSA) is 9.72 Å². The Morgan fingerprint density at radius 1 is 0.769 bits per heavy atom. The van der Waals surface area contributed by atoms with Crippen molar-refractivity contribution in [2.24, 2.45) is 0 Å². The molecule has 0 radical (unpaired) electrons. The van der Waals surface area contributed by atoms with E-state index in [4.69, 9.17) is 0 Å². The summed E-state index contributed by atoms with van der Waals surface area (Å²) in [6, 6.07) is 18.7. The average Bonchev–Trinajstić information content (AvgIpc) is 3.10. The molecule has 1 heterocycles. The predicted octanol–water partition coefficient (Wildman–Crippen LogP) is 8.31. The van der Waals surface area contributed by atoms with E-state index < -0.39 is 41.5 Å². The van der Waals surface area contributed by atoms with Gasteiger partial charge in [-0.15, -0.1) is 0 Å². The molecule has 0 N–H and O–H groups in total. The van der Waals surface area contributed by atoms with Crippen LogP contribution in [0.1, 0.15) is 59.8 Å². The van der Waals surface area contributed by atoms with Crippen molar-refractivity contribution in [3.63, 3.8) is 0 Å². The van der Waals surface area contributed by atoms with Crippen LogP contribution in [0.15, 0.2) is 78.9 Å². The second kappa shape index (κ2) is 11.2. The van der Waals surface area contributed by atoms with E-state index in [1.807, 2.05) is 60.7 Å². The number of hydrogen-bond donors (Lipinski definition) is 0. The first kappa shape index (κ1) is 30.0. The van der Waals surface area contributed by atoms with Crippen LogP contribution in [0.2, 0.25) is 0 Å². The molecule has 1 aliphatic rings. The van der Waals surface area contributed by atoms with Crippen molar-refractivity contribution in [2.45, 2.75) is 44.3 Å². The van der Waals surface area contributed by atoms with Crippen LogP contribution < -0.4 is 0 Å². The summed E-state index contributed by atoms with van der Waals surface area (Å²) in [5.74, 6) is -2.58. The molecule has 0 unspecified atom stereocenters. The van der Waals surface area contributed by atoms with E-state index in [2.05, 4.69) is 26.7 Å². The van der Waals surface area contributed by atoms with Crippen molar-refractivity contribution in [1.29, 1.82) is 0 Å². The van der Waals surface area contributed by atoms with Crippen LogP contribution in [0, 0.1) is 0 Å². The van der Waals surface area contributed by atoms with E-state index in [1.165, 1.54) is 12.1 Å². The van der Waals surface area contributed by atoms with Crippen molar-refractivity contribution >= 4 is 21.1 Å². The van der Waals surface area contributed by atoms with Gasteiger partial charge < -0.3 is 0 Å². The Labute approximate surface area is 232 Å². The molecular weight excluding hydrogens is 602 g/mol. The quantitative estimate of drug-likeness (QED) is 0.154. The summed E-state index contributed by atoms with van der Waals surface area (Å²) in [4.78, 5) is 0. The third-order valence-electron chi connectivity index (χ3n) is 7.42. The summed E-state index contributed by atoms with van der Waals surface area (Å²) in [5.41, 5.74) is 0.262. The van der Waals surface area contributed by atoms with Crippen LogP contribution in [-0.4, -0.2) is 49.7 Å². The Morgan fingerprint density at radius 2 is 1.21 bits per heavy atom. The minimum absolute atomic E-state index is 0.0712. The Bertz CT molecular complexity index is 1270. The molecule has 0 bridgehead atoms. The summed E-state index contributed by atoms with van der Waals surface area (Å²) >= 11 is 3.39. The maximum atomic E-state index is 13.7. The molecule has 3 atom stereocenters. The molecule has 0 spiro atoms. The molecule has 0 saturated carbocycles. The molecule has 0 amide bonds. The monoisotopic (exact) mass is 633 g/mol. The normalized spacial score (nSPS) is 21.4. The van der Waals surface area contributed by atoms with Crippen molar-refractivity contribution in [2.75, 3.05) is 20.6 Å². The van der Waals surface area contributed by atoms with Crippen molar-refractivity contribution in [1.82, 2.24) is 14.0 Å². The number of likely N-dealkylation sites (N-methyl/N-ethyl adjacent to an activating group) is 2. The second-order valence-corrected chi connectivity index (χ2v) is 15.5. The van der Waals surface area contributed by atoms with E-state index >= 15 is 0 Å². The Hall–Kier alpha value is -1.93. The van der Waals surface area contributed by atoms with Gasteiger partial charge in [-0.2, -0.15) is 0 Å². The van der Waals surface area contributed by atoms with Gasteiger partial charge in [0.15, 0.2) is 0 Å². The fourth-order valence-corrected chi connectivity index (χ4v) is 11.7. The number of hydrogen-bond acceptors (Lipinski definition) is 3. The Kier molecular flexibility index (Phi) is 8.59. The first-order chi connectivity index (χ1) is 18.2. The van der Waals surface area contributed by atoms with E-state index in [0.29, 0.717) is 17.7 Å². The molecule has 1 saturated heterocycles. The van der Waals surface area contributed by atoms with Gasteiger partial charge >= 0.3 is 233 Å². The fraction of sp³-hybridized carbons (Fsp3) is 0.357. The number of nitrogens with zero attached hydrogens (tertiary/aromatic N) is 3. The molecule has 1 aliphatic heterocycles. The van der Waals surface area contributed by atoms with Gasteiger partial charge in [0.2, 0.25) is 0 Å². The second-order valence-electron chi connectivity index (χ2n) is 9.64. The maximum absolute atomic E-state index is 13.7. The van der Waals surface area contributed by atoms with E-state index in [9.17, 15) is 26.3 Å². The Morgan fingerprint density at radius 3 is 1.59 bits per heavy atom. The summed E-state index contributed by atoms with van der Waals surface area (Å²) < 4.78 is 88.6. The molecule has 3 aromatic carbocycles. The summed E-state index contributed by atoms with van der Waals surface area (Å²) in [6.07, 6.45) is -9.10. The molecule has 3 nitrogen and oxygen atoms in total. The van der Waals surface area contributed by atoms with Crippen LogP contribution in [0.3, 0.4) is 0 Å². The van der Waals surface area contributed by atoms with E-state index in [1.54, 1.807) is 12.1 Å². The van der Waals surface area contributed by atoms with Crippen LogP contribution in [0.4, 0.5) is 26.3 Å². The van der Waals surface area contributed by atoms with Crippen molar-refractivity contribution in [3.8, 4) is 0 Å². The van der Waals surface area contributed by atoms with Gasteiger partial charge in [-0.1, -0.05) is 0 Å². The molecule has 3 aromatic rings. The van der Waals surface area contributed by atoms with Crippen molar-refractivity contribution < 1.29 is 26.3 Å². The number of halogens is 6. The van der Waals surface area contributed by atoms with Gasteiger partial charge in [-0.25, -0.2) is 0 Å². The molecular formula is C28H30F6N3PSe. The van der Waals surface area contributed by atoms with Gasteiger partial charge in [0.1, 0.15) is 0 Å². The summed E-state index contributed by atoms with van der Waals surface area (Å²) in [6.45, 7) is 4.68. The van der Waals surface area contributed by atoms with E-state index in [0.717, 1.165) is 29.8 Å². The first-order valence-corrected chi connectivity index (χ1v) is 16.3. The molecule has 0 aliphatic carbocycles. The van der Waals surface area contributed by atoms with Crippen LogP contribution in [0.5, 0.6) is 0 Å². The van der Waals surface area contributed by atoms with E-state index in [-0.39, 0.29) is 6.04 Å². The third kappa shape index (κ3) is 5.65. The van der Waals surface area contributed by atoms with Gasteiger partial charge in [-0.05, 0) is 0 Å². The average molecular weight is 632 g/mol. The predicted molar refractivity (Wildman–Crippen MR) is 144 cm³/mol. The van der Waals surface area contributed by atoms with Crippen LogP contribution in [0.25, 0.3) is 0 Å². The molecule has 39 heavy (non-hydrogen) atoms. The first-order valence-electron chi connectivity index (χ1n) is 12.4.